The van der Waals surface area contributed by atoms with Crippen LogP contribution in [0.25, 0.3) is 0 Å². The van der Waals surface area contributed by atoms with Gasteiger partial charge in [0.25, 0.3) is 0 Å². The first-order chi connectivity index (χ1) is 14.0. The van der Waals surface area contributed by atoms with Crippen molar-refractivity contribution in [3.05, 3.63) is 46.6 Å². The number of hydrogen-bond acceptors (Lipinski definition) is 4. The Hall–Kier alpha value is -2.43. The molecule has 5 nitrogen and oxygen atoms in total. The predicted octanol–water partition coefficient (Wildman–Crippen LogP) is 5.13. The Bertz CT molecular complexity index is 898. The molecule has 1 aliphatic rings. The maximum Gasteiger partial charge on any atom is 0.315 e. The highest BCUT2D eigenvalue weighted by Crippen LogP contribution is 2.45. The van der Waals surface area contributed by atoms with Crippen molar-refractivity contribution < 1.29 is 9.53 Å². The van der Waals surface area contributed by atoms with E-state index in [-0.39, 0.29) is 11.9 Å². The van der Waals surface area contributed by atoms with Crippen LogP contribution in [-0.2, 0) is 29.4 Å². The van der Waals surface area contributed by atoms with E-state index in [9.17, 15) is 4.79 Å². The summed E-state index contributed by atoms with van der Waals surface area (Å²) in [4.78, 5) is 18.0. The number of benzene rings is 1. The molecule has 0 saturated carbocycles. The second-order valence-electron chi connectivity index (χ2n) is 7.80. The SMILES string of the molecule is CCCCCOC(=O)C1C(C)=Nc2c(c(CC)nn2C)C1c1ccccc1CC. The second-order valence-corrected chi connectivity index (χ2v) is 7.80. The van der Waals surface area contributed by atoms with Crippen LogP contribution in [0.4, 0.5) is 5.82 Å². The Kier molecular flexibility index (Phi) is 6.88. The number of esters is 1. The Morgan fingerprint density at radius 2 is 1.90 bits per heavy atom. The highest BCUT2D eigenvalue weighted by molar-refractivity contribution is 6.05. The molecular weight excluding hydrogens is 362 g/mol. The number of aliphatic imine (C=N–C) groups is 1. The van der Waals surface area contributed by atoms with E-state index in [4.69, 9.17) is 14.8 Å². The number of hydrogen-bond donors (Lipinski definition) is 0. The molecule has 1 aliphatic heterocycles. The molecule has 3 rings (SSSR count). The van der Waals surface area contributed by atoms with E-state index < -0.39 is 5.92 Å². The lowest BCUT2D eigenvalue weighted by Gasteiger charge is -2.31. The van der Waals surface area contributed by atoms with E-state index in [1.807, 2.05) is 18.7 Å². The summed E-state index contributed by atoms with van der Waals surface area (Å²) in [5, 5.41) is 4.71. The molecule has 5 heteroatoms. The van der Waals surface area contributed by atoms with Crippen LogP contribution in [0.2, 0.25) is 0 Å². The van der Waals surface area contributed by atoms with Crippen LogP contribution in [0.15, 0.2) is 29.3 Å². The van der Waals surface area contributed by atoms with Gasteiger partial charge in [0.1, 0.15) is 5.92 Å². The molecule has 0 N–H and O–H groups in total. The van der Waals surface area contributed by atoms with Crippen molar-refractivity contribution in [3.8, 4) is 0 Å². The van der Waals surface area contributed by atoms with Crippen molar-refractivity contribution in [2.24, 2.45) is 18.0 Å². The minimum absolute atomic E-state index is 0.110. The number of rotatable bonds is 8. The number of unbranched alkanes of at least 4 members (excludes halogenated alkanes) is 2. The number of aryl methyl sites for hydroxylation is 3. The molecule has 2 aromatic rings. The molecule has 2 atom stereocenters. The van der Waals surface area contributed by atoms with Gasteiger partial charge in [-0.15, -0.1) is 0 Å². The van der Waals surface area contributed by atoms with Gasteiger partial charge in [0, 0.05) is 24.2 Å². The zero-order chi connectivity index (χ0) is 21.0. The lowest BCUT2D eigenvalue weighted by Crippen LogP contribution is -2.34. The number of nitrogens with zero attached hydrogens (tertiary/aromatic N) is 3. The van der Waals surface area contributed by atoms with Gasteiger partial charge in [-0.05, 0) is 37.3 Å². The van der Waals surface area contributed by atoms with Gasteiger partial charge in [-0.25, -0.2) is 4.99 Å². The van der Waals surface area contributed by atoms with Crippen molar-refractivity contribution in [3.63, 3.8) is 0 Å². The molecule has 1 aromatic carbocycles. The molecule has 0 aliphatic carbocycles. The highest BCUT2D eigenvalue weighted by atomic mass is 16.5. The quantitative estimate of drug-likeness (QED) is 0.460. The van der Waals surface area contributed by atoms with Crippen molar-refractivity contribution in [2.75, 3.05) is 6.61 Å². The summed E-state index contributed by atoms with van der Waals surface area (Å²) in [6.07, 6.45) is 4.80. The maximum absolute atomic E-state index is 13.2. The topological polar surface area (TPSA) is 56.5 Å². The summed E-state index contributed by atoms with van der Waals surface area (Å²) in [5.41, 5.74) is 5.34. The number of carbonyl (C=O) groups is 1. The summed E-state index contributed by atoms with van der Waals surface area (Å²) < 4.78 is 7.58. The number of fused-ring (bicyclic) bond motifs is 1. The van der Waals surface area contributed by atoms with Crippen molar-refractivity contribution >= 4 is 17.5 Å². The third-order valence-corrected chi connectivity index (χ3v) is 5.86. The molecule has 0 bridgehead atoms. The van der Waals surface area contributed by atoms with Crippen LogP contribution in [0.5, 0.6) is 0 Å². The largest absolute Gasteiger partial charge is 0.465 e. The molecule has 0 radical (unpaired) electrons. The maximum atomic E-state index is 13.2. The van der Waals surface area contributed by atoms with Crippen LogP contribution in [0, 0.1) is 5.92 Å². The molecule has 0 spiro atoms. The van der Waals surface area contributed by atoms with Crippen molar-refractivity contribution in [1.29, 1.82) is 0 Å². The first-order valence-corrected chi connectivity index (χ1v) is 10.9. The van der Waals surface area contributed by atoms with E-state index in [1.165, 1.54) is 11.1 Å². The minimum atomic E-state index is -0.411. The highest BCUT2D eigenvalue weighted by Gasteiger charge is 2.42. The van der Waals surface area contributed by atoms with Crippen molar-refractivity contribution in [1.82, 2.24) is 9.78 Å². The smallest absolute Gasteiger partial charge is 0.315 e. The Morgan fingerprint density at radius 3 is 2.59 bits per heavy atom. The standard InChI is InChI=1S/C24H33N3O2/c1-6-9-12-15-29-24(28)20-16(4)25-23-22(19(8-3)26-27(23)5)21(20)18-14-11-10-13-17(18)7-2/h10-11,13-14,20-21H,6-9,12,15H2,1-5H3. The number of aromatic nitrogens is 2. The lowest BCUT2D eigenvalue weighted by atomic mass is 9.74. The van der Waals surface area contributed by atoms with E-state index >= 15 is 0 Å². The van der Waals surface area contributed by atoms with Gasteiger partial charge in [-0.3, -0.25) is 9.48 Å². The van der Waals surface area contributed by atoms with Crippen LogP contribution >= 0.6 is 0 Å². The first kappa shape index (κ1) is 21.3. The van der Waals surface area contributed by atoms with Gasteiger partial charge >= 0.3 is 5.97 Å². The van der Waals surface area contributed by atoms with Crippen LogP contribution < -0.4 is 0 Å². The fraction of sp³-hybridized carbons (Fsp3) is 0.542. The van der Waals surface area contributed by atoms with Crippen LogP contribution in [0.3, 0.4) is 0 Å². The lowest BCUT2D eigenvalue weighted by molar-refractivity contribution is -0.146. The van der Waals surface area contributed by atoms with E-state index in [1.54, 1.807) is 0 Å². The summed E-state index contributed by atoms with van der Waals surface area (Å²) in [6.45, 7) is 8.83. The Balaban J connectivity index is 2.10. The van der Waals surface area contributed by atoms with Gasteiger partial charge in [-0.2, -0.15) is 5.10 Å². The Morgan fingerprint density at radius 1 is 1.14 bits per heavy atom. The molecule has 0 fully saturated rings. The van der Waals surface area contributed by atoms with Gasteiger partial charge in [0.05, 0.1) is 12.3 Å². The third kappa shape index (κ3) is 4.14. The molecule has 0 amide bonds. The van der Waals surface area contributed by atoms with Gasteiger partial charge in [0.2, 0.25) is 0 Å². The molecule has 156 valence electrons. The van der Waals surface area contributed by atoms with Gasteiger partial charge in [0.15, 0.2) is 5.82 Å². The summed E-state index contributed by atoms with van der Waals surface area (Å²) in [6, 6.07) is 8.42. The van der Waals surface area contributed by atoms with E-state index in [2.05, 4.69) is 45.0 Å². The number of carbonyl (C=O) groups excluding carboxylic acids is 1. The molecule has 2 heterocycles. The van der Waals surface area contributed by atoms with Crippen LogP contribution in [0.1, 0.15) is 75.3 Å². The molecule has 29 heavy (non-hydrogen) atoms. The summed E-state index contributed by atoms with van der Waals surface area (Å²) in [5.74, 6) is 0.174. The molecule has 2 unspecified atom stereocenters. The average molecular weight is 396 g/mol. The fourth-order valence-corrected chi connectivity index (χ4v) is 4.36. The zero-order valence-electron chi connectivity index (χ0n) is 18.4. The van der Waals surface area contributed by atoms with Crippen molar-refractivity contribution in [2.45, 2.75) is 65.7 Å². The summed E-state index contributed by atoms with van der Waals surface area (Å²) >= 11 is 0. The second kappa shape index (κ2) is 9.38. The average Bonchev–Trinajstić information content (AvgIpc) is 3.05. The third-order valence-electron chi connectivity index (χ3n) is 5.86. The number of ether oxygens (including phenoxy) is 1. The minimum Gasteiger partial charge on any atom is -0.465 e. The normalized spacial score (nSPS) is 18.3. The summed E-state index contributed by atoms with van der Waals surface area (Å²) in [7, 11) is 1.93. The van der Waals surface area contributed by atoms with Crippen LogP contribution in [-0.4, -0.2) is 28.1 Å². The molecule has 0 saturated heterocycles. The fourth-order valence-electron chi connectivity index (χ4n) is 4.36. The first-order valence-electron chi connectivity index (χ1n) is 10.9. The predicted molar refractivity (Wildman–Crippen MR) is 117 cm³/mol. The van der Waals surface area contributed by atoms with E-state index in [0.717, 1.165) is 54.9 Å². The molecule has 1 aromatic heterocycles. The molecular formula is C24H33N3O2. The zero-order valence-corrected chi connectivity index (χ0v) is 18.4. The van der Waals surface area contributed by atoms with Gasteiger partial charge in [-0.1, -0.05) is 57.9 Å². The Labute approximate surface area is 174 Å². The van der Waals surface area contributed by atoms with E-state index in [0.29, 0.717) is 6.61 Å². The monoisotopic (exact) mass is 395 g/mol. The van der Waals surface area contributed by atoms with Gasteiger partial charge < -0.3 is 4.74 Å².